The lowest BCUT2D eigenvalue weighted by Crippen LogP contribution is -2.38. The Bertz CT molecular complexity index is 1070. The molecular formula is C25H28ClFN2O4. The summed E-state index contributed by atoms with van der Waals surface area (Å²) in [5, 5.41) is 11.4. The lowest BCUT2D eigenvalue weighted by molar-refractivity contribution is -0.140. The number of ether oxygens (including phenoxy) is 1. The predicted molar refractivity (Wildman–Crippen MR) is 126 cm³/mol. The Hall–Kier alpha value is -2.90. The third-order valence-electron chi connectivity index (χ3n) is 5.76. The van der Waals surface area contributed by atoms with Gasteiger partial charge in [-0.25, -0.2) is 4.39 Å². The van der Waals surface area contributed by atoms with Gasteiger partial charge in [-0.1, -0.05) is 37.6 Å². The number of carbonyl (C=O) groups excluding carboxylic acids is 2. The van der Waals surface area contributed by atoms with Gasteiger partial charge in [0.1, 0.15) is 17.3 Å². The van der Waals surface area contributed by atoms with Gasteiger partial charge in [0.05, 0.1) is 23.2 Å². The van der Waals surface area contributed by atoms with Gasteiger partial charge in [0.15, 0.2) is 0 Å². The van der Waals surface area contributed by atoms with Crippen LogP contribution in [0.3, 0.4) is 0 Å². The first kappa shape index (κ1) is 24.7. The molecule has 0 aromatic heterocycles. The second kappa shape index (κ2) is 10.8. The SMILES string of the molecule is CCOc1ccc(/C(O)=C2\C(=O)C(=O)N(CCN(CC)CC)C2c2cccc(F)c2)cc1Cl. The van der Waals surface area contributed by atoms with E-state index in [0.717, 1.165) is 13.1 Å². The third-order valence-corrected chi connectivity index (χ3v) is 6.06. The molecule has 1 saturated heterocycles. The van der Waals surface area contributed by atoms with Crippen LogP contribution in [0.1, 0.15) is 37.9 Å². The minimum atomic E-state index is -0.915. The van der Waals surface area contributed by atoms with Crippen molar-refractivity contribution in [3.8, 4) is 5.75 Å². The lowest BCUT2D eigenvalue weighted by Gasteiger charge is -2.28. The molecule has 1 N–H and O–H groups in total. The number of hydrogen-bond acceptors (Lipinski definition) is 5. The Morgan fingerprint density at radius 2 is 1.88 bits per heavy atom. The van der Waals surface area contributed by atoms with E-state index in [4.69, 9.17) is 16.3 Å². The summed E-state index contributed by atoms with van der Waals surface area (Å²) >= 11 is 6.27. The van der Waals surface area contributed by atoms with Gasteiger partial charge in [-0.3, -0.25) is 9.59 Å². The fourth-order valence-electron chi connectivity index (χ4n) is 4.00. The molecule has 1 aliphatic heterocycles. The van der Waals surface area contributed by atoms with Crippen molar-refractivity contribution in [2.45, 2.75) is 26.8 Å². The predicted octanol–water partition coefficient (Wildman–Crippen LogP) is 4.64. The first-order valence-corrected chi connectivity index (χ1v) is 11.4. The maximum Gasteiger partial charge on any atom is 0.295 e. The van der Waals surface area contributed by atoms with Gasteiger partial charge in [0.25, 0.3) is 11.7 Å². The number of likely N-dealkylation sites (tertiary alicyclic amines) is 1. The normalized spacial score (nSPS) is 17.8. The molecule has 3 rings (SSSR count). The fraction of sp³-hybridized carbons (Fsp3) is 0.360. The summed E-state index contributed by atoms with van der Waals surface area (Å²) in [7, 11) is 0. The van der Waals surface area contributed by atoms with E-state index in [9.17, 15) is 19.1 Å². The second-order valence-corrected chi connectivity index (χ2v) is 8.06. The van der Waals surface area contributed by atoms with Crippen molar-refractivity contribution in [1.82, 2.24) is 9.80 Å². The van der Waals surface area contributed by atoms with E-state index in [1.807, 2.05) is 20.8 Å². The highest BCUT2D eigenvalue weighted by atomic mass is 35.5. The standard InChI is InChI=1S/C25H28ClFN2O4/c1-4-28(5-2)12-13-29-22(16-8-7-9-18(27)14-16)21(24(31)25(29)32)23(30)17-10-11-20(33-6-3)19(26)15-17/h7-11,14-15,22,30H,4-6,12-13H2,1-3H3/b23-21+. The number of rotatable bonds is 9. The number of ketones is 1. The fourth-order valence-corrected chi connectivity index (χ4v) is 4.23. The molecular weight excluding hydrogens is 447 g/mol. The van der Waals surface area contributed by atoms with Gasteiger partial charge in [-0.05, 0) is 55.9 Å². The van der Waals surface area contributed by atoms with Crippen molar-refractivity contribution in [2.75, 3.05) is 32.8 Å². The number of benzene rings is 2. The topological polar surface area (TPSA) is 70.1 Å². The van der Waals surface area contributed by atoms with Crippen LogP contribution in [-0.2, 0) is 9.59 Å². The molecule has 0 spiro atoms. The van der Waals surface area contributed by atoms with E-state index >= 15 is 0 Å². The van der Waals surface area contributed by atoms with Crippen LogP contribution in [-0.4, -0.2) is 59.4 Å². The van der Waals surface area contributed by atoms with Crippen molar-refractivity contribution >= 4 is 29.1 Å². The molecule has 1 aliphatic rings. The van der Waals surface area contributed by atoms with Gasteiger partial charge in [-0.15, -0.1) is 0 Å². The number of hydrogen-bond donors (Lipinski definition) is 1. The lowest BCUT2D eigenvalue weighted by atomic mass is 9.95. The van der Waals surface area contributed by atoms with E-state index in [2.05, 4.69) is 4.90 Å². The summed E-state index contributed by atoms with van der Waals surface area (Å²) in [5.74, 6) is -1.96. The van der Waals surface area contributed by atoms with Crippen molar-refractivity contribution in [1.29, 1.82) is 0 Å². The Morgan fingerprint density at radius 3 is 2.48 bits per heavy atom. The highest BCUT2D eigenvalue weighted by Gasteiger charge is 2.46. The molecule has 33 heavy (non-hydrogen) atoms. The highest BCUT2D eigenvalue weighted by molar-refractivity contribution is 6.46. The third kappa shape index (κ3) is 5.20. The summed E-state index contributed by atoms with van der Waals surface area (Å²) in [6.45, 7) is 8.64. The zero-order valence-electron chi connectivity index (χ0n) is 19.0. The van der Waals surface area contributed by atoms with Crippen LogP contribution in [0, 0.1) is 5.82 Å². The Kier molecular flexibility index (Phi) is 8.10. The van der Waals surface area contributed by atoms with Crippen molar-refractivity contribution in [3.63, 3.8) is 0 Å². The Labute approximate surface area is 198 Å². The number of Topliss-reactive ketones (excluding diaryl/α,β-unsaturated/α-hetero) is 1. The van der Waals surface area contributed by atoms with E-state index in [0.29, 0.717) is 24.5 Å². The van der Waals surface area contributed by atoms with Crippen LogP contribution < -0.4 is 4.74 Å². The van der Waals surface area contributed by atoms with Crippen LogP contribution in [0.4, 0.5) is 4.39 Å². The van der Waals surface area contributed by atoms with E-state index in [-0.39, 0.29) is 28.5 Å². The summed E-state index contributed by atoms with van der Waals surface area (Å²) in [4.78, 5) is 29.6. The first-order chi connectivity index (χ1) is 15.8. The summed E-state index contributed by atoms with van der Waals surface area (Å²) < 4.78 is 19.5. The van der Waals surface area contributed by atoms with E-state index in [1.165, 1.54) is 29.2 Å². The molecule has 0 bridgehead atoms. The Balaban J connectivity index is 2.10. The molecule has 1 atom stereocenters. The molecule has 1 heterocycles. The van der Waals surface area contributed by atoms with Crippen LogP contribution in [0.15, 0.2) is 48.0 Å². The summed E-state index contributed by atoms with van der Waals surface area (Å²) in [5.41, 5.74) is 0.587. The molecule has 1 amide bonds. The highest BCUT2D eigenvalue weighted by Crippen LogP contribution is 2.40. The molecule has 0 saturated carbocycles. The molecule has 2 aromatic carbocycles. The van der Waals surface area contributed by atoms with Gasteiger partial charge in [-0.2, -0.15) is 0 Å². The maximum atomic E-state index is 14.1. The molecule has 176 valence electrons. The number of aliphatic hydroxyl groups is 1. The van der Waals surface area contributed by atoms with Crippen molar-refractivity contribution in [3.05, 3.63) is 70.0 Å². The number of aliphatic hydroxyl groups excluding tert-OH is 1. The minimum Gasteiger partial charge on any atom is -0.507 e. The quantitative estimate of drug-likeness (QED) is 0.325. The van der Waals surface area contributed by atoms with E-state index in [1.54, 1.807) is 18.2 Å². The molecule has 1 fully saturated rings. The average molecular weight is 475 g/mol. The van der Waals surface area contributed by atoms with Gasteiger partial charge < -0.3 is 19.6 Å². The molecule has 2 aromatic rings. The molecule has 6 nitrogen and oxygen atoms in total. The van der Waals surface area contributed by atoms with E-state index < -0.39 is 23.5 Å². The van der Waals surface area contributed by atoms with Gasteiger partial charge in [0.2, 0.25) is 0 Å². The molecule has 8 heteroatoms. The zero-order valence-corrected chi connectivity index (χ0v) is 19.7. The van der Waals surface area contributed by atoms with Gasteiger partial charge in [0, 0.05) is 18.7 Å². The zero-order chi connectivity index (χ0) is 24.1. The van der Waals surface area contributed by atoms with Crippen molar-refractivity contribution in [2.24, 2.45) is 0 Å². The smallest absolute Gasteiger partial charge is 0.295 e. The van der Waals surface area contributed by atoms with Crippen LogP contribution in [0.25, 0.3) is 5.76 Å². The average Bonchev–Trinajstić information content (AvgIpc) is 3.05. The second-order valence-electron chi connectivity index (χ2n) is 7.65. The largest absolute Gasteiger partial charge is 0.507 e. The number of amides is 1. The monoisotopic (exact) mass is 474 g/mol. The number of likely N-dealkylation sites (N-methyl/N-ethyl adjacent to an activating group) is 1. The number of carbonyl (C=O) groups is 2. The number of nitrogens with zero attached hydrogens (tertiary/aromatic N) is 2. The van der Waals surface area contributed by atoms with Crippen LogP contribution in [0.5, 0.6) is 5.75 Å². The summed E-state index contributed by atoms with van der Waals surface area (Å²) in [6.07, 6.45) is 0. The van der Waals surface area contributed by atoms with Crippen LogP contribution in [0.2, 0.25) is 5.02 Å². The Morgan fingerprint density at radius 1 is 1.15 bits per heavy atom. The molecule has 0 aliphatic carbocycles. The van der Waals surface area contributed by atoms with Crippen molar-refractivity contribution < 1.29 is 23.8 Å². The maximum absolute atomic E-state index is 14.1. The number of halogens is 2. The van der Waals surface area contributed by atoms with Crippen LogP contribution >= 0.6 is 11.6 Å². The van der Waals surface area contributed by atoms with Gasteiger partial charge >= 0.3 is 0 Å². The molecule has 0 radical (unpaired) electrons. The summed E-state index contributed by atoms with van der Waals surface area (Å²) in [6, 6.07) is 9.45. The first-order valence-electron chi connectivity index (χ1n) is 11.0. The minimum absolute atomic E-state index is 0.0922. The molecule has 1 unspecified atom stereocenters.